The van der Waals surface area contributed by atoms with E-state index in [-0.39, 0.29) is 11.2 Å². The van der Waals surface area contributed by atoms with Gasteiger partial charge in [0.2, 0.25) is 0 Å². The summed E-state index contributed by atoms with van der Waals surface area (Å²) in [4.78, 5) is 0. The summed E-state index contributed by atoms with van der Waals surface area (Å²) in [6.45, 7) is 3.82. The van der Waals surface area contributed by atoms with Gasteiger partial charge in [-0.15, -0.1) is 0 Å². The third-order valence-corrected chi connectivity index (χ3v) is 7.08. The average Bonchev–Trinajstić information content (AvgIpc) is 3.34. The van der Waals surface area contributed by atoms with Gasteiger partial charge in [-0.05, 0) is 50.4 Å². The van der Waals surface area contributed by atoms with Crippen molar-refractivity contribution in [2.24, 2.45) is 11.8 Å². The van der Waals surface area contributed by atoms with Gasteiger partial charge in [0, 0.05) is 12.8 Å². The molecule has 6 fully saturated rings. The van der Waals surface area contributed by atoms with Gasteiger partial charge in [-0.3, -0.25) is 0 Å². The second-order valence-corrected chi connectivity index (χ2v) is 9.72. The van der Waals surface area contributed by atoms with E-state index in [0.717, 1.165) is 51.1 Å². The zero-order valence-corrected chi connectivity index (χ0v) is 15.0. The lowest BCUT2D eigenvalue weighted by molar-refractivity contribution is -0.256. The molecular weight excluding hydrogens is 320 g/mol. The topological polar surface area (TPSA) is 59.4 Å². The van der Waals surface area contributed by atoms with Crippen LogP contribution in [0.15, 0.2) is 0 Å². The molecule has 4 saturated heterocycles. The van der Waals surface area contributed by atoms with Crippen molar-refractivity contribution >= 4 is 0 Å². The van der Waals surface area contributed by atoms with Crippen LogP contribution in [0.5, 0.6) is 0 Å². The molecule has 2 aliphatic carbocycles. The molecule has 0 N–H and O–H groups in total. The number of epoxide rings is 4. The first-order valence-electron chi connectivity index (χ1n) is 10.3. The lowest BCUT2D eigenvalue weighted by Crippen LogP contribution is -2.58. The molecule has 2 saturated carbocycles. The summed E-state index contributed by atoms with van der Waals surface area (Å²) in [5.74, 6) is 1.58. The molecule has 5 nitrogen and oxygen atoms in total. The highest BCUT2D eigenvalue weighted by Crippen LogP contribution is 2.57. The molecule has 0 aromatic heterocycles. The molecule has 140 valence electrons. The molecule has 4 heterocycles. The van der Waals surface area contributed by atoms with Crippen LogP contribution in [-0.4, -0.2) is 62.0 Å². The fourth-order valence-corrected chi connectivity index (χ4v) is 5.71. The molecule has 4 atom stereocenters. The van der Waals surface area contributed by atoms with Crippen LogP contribution in [0, 0.1) is 11.8 Å². The van der Waals surface area contributed by atoms with Crippen LogP contribution >= 0.6 is 0 Å². The van der Waals surface area contributed by atoms with Gasteiger partial charge in [-0.1, -0.05) is 0 Å². The molecule has 0 amide bonds. The van der Waals surface area contributed by atoms with Gasteiger partial charge < -0.3 is 23.7 Å². The largest absolute Gasteiger partial charge is 0.373 e. The standard InChI is InChI=1S/C20H30O5/c1(15-9-21-15)13-3-19(4-13,7-17-11-23-17)25-20(8-18-12-24-18)5-14(6-20)2-16-10-22-16/h13-18H,1-12H2. The maximum absolute atomic E-state index is 7.02. The Labute approximate surface area is 149 Å². The smallest absolute Gasteiger partial charge is 0.0837 e. The first kappa shape index (κ1) is 15.8. The second-order valence-electron chi connectivity index (χ2n) is 9.72. The molecule has 0 aromatic carbocycles. The minimum Gasteiger partial charge on any atom is -0.373 e. The molecule has 6 aliphatic rings. The molecule has 6 rings (SSSR count). The fraction of sp³-hybridized carbons (Fsp3) is 1.00. The normalized spacial score (nSPS) is 55.2. The predicted molar refractivity (Wildman–Crippen MR) is 89.4 cm³/mol. The quantitative estimate of drug-likeness (QED) is 0.567. The molecule has 5 heteroatoms. The van der Waals surface area contributed by atoms with Crippen LogP contribution in [0.3, 0.4) is 0 Å². The Bertz CT molecular complexity index is 462. The van der Waals surface area contributed by atoms with Crippen molar-refractivity contribution in [2.75, 3.05) is 26.4 Å². The van der Waals surface area contributed by atoms with Crippen molar-refractivity contribution in [3.63, 3.8) is 0 Å². The molecule has 25 heavy (non-hydrogen) atoms. The molecule has 0 aromatic rings. The summed E-state index contributed by atoms with van der Waals surface area (Å²) in [7, 11) is 0. The van der Waals surface area contributed by atoms with Crippen LogP contribution in [0.1, 0.15) is 51.4 Å². The van der Waals surface area contributed by atoms with Crippen molar-refractivity contribution in [3.05, 3.63) is 0 Å². The lowest BCUT2D eigenvalue weighted by atomic mass is 9.63. The van der Waals surface area contributed by atoms with Crippen LogP contribution in [0.25, 0.3) is 0 Å². The van der Waals surface area contributed by atoms with Crippen LogP contribution in [0.2, 0.25) is 0 Å². The molecule has 4 unspecified atom stereocenters. The maximum Gasteiger partial charge on any atom is 0.0837 e. The molecule has 0 spiro atoms. The van der Waals surface area contributed by atoms with E-state index in [4.69, 9.17) is 23.7 Å². The Morgan fingerprint density at radius 1 is 0.600 bits per heavy atom. The summed E-state index contributed by atoms with van der Waals surface area (Å²) in [6, 6.07) is 0. The third-order valence-electron chi connectivity index (χ3n) is 7.08. The van der Waals surface area contributed by atoms with E-state index in [0.29, 0.717) is 24.4 Å². The van der Waals surface area contributed by atoms with Gasteiger partial charge in [0.1, 0.15) is 0 Å². The van der Waals surface area contributed by atoms with E-state index in [1.54, 1.807) is 0 Å². The maximum atomic E-state index is 7.02. The summed E-state index contributed by atoms with van der Waals surface area (Å²) >= 11 is 0. The van der Waals surface area contributed by atoms with Crippen LogP contribution < -0.4 is 0 Å². The number of rotatable bonds is 10. The summed E-state index contributed by atoms with van der Waals surface area (Å²) in [5.41, 5.74) is 0.132. The Hall–Kier alpha value is -0.200. The van der Waals surface area contributed by atoms with E-state index in [2.05, 4.69) is 0 Å². The Balaban J connectivity index is 1.11. The SMILES string of the molecule is C1OC1CC1CC(CC2CO2)(OC2(CC3CO3)CC(CC3CO3)C2)C1. The number of hydrogen-bond donors (Lipinski definition) is 0. The first-order valence-corrected chi connectivity index (χ1v) is 10.3. The first-order chi connectivity index (χ1) is 12.2. The van der Waals surface area contributed by atoms with Gasteiger partial charge in [-0.2, -0.15) is 0 Å². The highest BCUT2D eigenvalue weighted by molar-refractivity contribution is 5.07. The van der Waals surface area contributed by atoms with Crippen molar-refractivity contribution in [3.8, 4) is 0 Å². The van der Waals surface area contributed by atoms with Gasteiger partial charge in [-0.25, -0.2) is 0 Å². The minimum absolute atomic E-state index is 0.0661. The molecule has 0 bridgehead atoms. The van der Waals surface area contributed by atoms with E-state index in [1.165, 1.54) is 38.5 Å². The summed E-state index contributed by atoms with van der Waals surface area (Å²) < 4.78 is 29.0. The van der Waals surface area contributed by atoms with Crippen LogP contribution in [-0.2, 0) is 23.7 Å². The predicted octanol–water partition coefficient (Wildman–Crippen LogP) is 2.46. The zero-order valence-electron chi connectivity index (χ0n) is 15.0. The van der Waals surface area contributed by atoms with Gasteiger partial charge in [0.15, 0.2) is 0 Å². The minimum atomic E-state index is 0.0661. The van der Waals surface area contributed by atoms with Crippen molar-refractivity contribution in [1.29, 1.82) is 0 Å². The second kappa shape index (κ2) is 5.65. The molecule has 0 radical (unpaired) electrons. The van der Waals surface area contributed by atoms with Crippen molar-refractivity contribution < 1.29 is 23.7 Å². The van der Waals surface area contributed by atoms with E-state index < -0.39 is 0 Å². The van der Waals surface area contributed by atoms with Crippen molar-refractivity contribution in [2.45, 2.75) is 87.0 Å². The Morgan fingerprint density at radius 2 is 0.960 bits per heavy atom. The third kappa shape index (κ3) is 3.63. The van der Waals surface area contributed by atoms with Gasteiger partial charge in [0.25, 0.3) is 0 Å². The van der Waals surface area contributed by atoms with Crippen molar-refractivity contribution in [1.82, 2.24) is 0 Å². The Kier molecular flexibility index (Phi) is 3.57. The summed E-state index contributed by atoms with van der Waals surface area (Å²) in [6.07, 6.45) is 11.5. The van der Waals surface area contributed by atoms with Crippen LogP contribution in [0.4, 0.5) is 0 Å². The lowest BCUT2D eigenvalue weighted by Gasteiger charge is -2.57. The van der Waals surface area contributed by atoms with E-state index in [9.17, 15) is 0 Å². The average molecular weight is 350 g/mol. The van der Waals surface area contributed by atoms with Gasteiger partial charge in [0.05, 0.1) is 62.0 Å². The van der Waals surface area contributed by atoms with E-state index in [1.807, 2.05) is 0 Å². The summed E-state index contributed by atoms with van der Waals surface area (Å²) in [5, 5.41) is 0. The number of hydrogen-bond acceptors (Lipinski definition) is 5. The molecular formula is C20H30O5. The van der Waals surface area contributed by atoms with E-state index >= 15 is 0 Å². The molecule has 4 aliphatic heterocycles. The Morgan fingerprint density at radius 3 is 1.28 bits per heavy atom. The van der Waals surface area contributed by atoms with Gasteiger partial charge >= 0.3 is 0 Å². The monoisotopic (exact) mass is 350 g/mol. The highest BCUT2D eigenvalue weighted by Gasteiger charge is 2.58. The fourth-order valence-electron chi connectivity index (χ4n) is 5.71. The zero-order chi connectivity index (χ0) is 16.5. The highest BCUT2D eigenvalue weighted by atomic mass is 16.6. The number of ether oxygens (including phenoxy) is 5.